The molecule has 2 N–H and O–H groups in total. The van der Waals surface area contributed by atoms with Crippen molar-refractivity contribution in [1.29, 1.82) is 0 Å². The highest BCUT2D eigenvalue weighted by atomic mass is 35.5. The first-order chi connectivity index (χ1) is 3.91. The molecule has 0 aliphatic heterocycles. The molecule has 1 aromatic rings. The average molecular weight is 150 g/mol. The van der Waals surface area contributed by atoms with E-state index in [0.29, 0.717) is 0 Å². The molecule has 0 amide bonds. The number of hydrogen-bond donors (Lipinski definition) is 1. The van der Waals surface area contributed by atoms with Crippen LogP contribution in [0.3, 0.4) is 0 Å². The summed E-state index contributed by atoms with van der Waals surface area (Å²) in [7, 11) is 0. The molecule has 0 saturated heterocycles. The van der Waals surface area contributed by atoms with Crippen LogP contribution in [0, 0.1) is 0 Å². The van der Waals surface area contributed by atoms with Crippen LogP contribution in [0.4, 0.5) is 0 Å². The zero-order chi connectivity index (χ0) is 6.24. The summed E-state index contributed by atoms with van der Waals surface area (Å²) in [6.07, 6.45) is 3.25. The molecule has 54 valence electrons. The second-order valence-corrected chi connectivity index (χ2v) is 1.20. The van der Waals surface area contributed by atoms with E-state index in [2.05, 4.69) is 4.42 Å². The molecule has 0 atom stereocenters. The largest absolute Gasteiger partial charge is 0.473 e. The van der Waals surface area contributed by atoms with Crippen molar-refractivity contribution in [2.75, 3.05) is 6.54 Å². The smallest absolute Gasteiger partial charge is 0.0902 e. The van der Waals surface area contributed by atoms with Crippen molar-refractivity contribution in [3.05, 3.63) is 24.7 Å². The summed E-state index contributed by atoms with van der Waals surface area (Å²) in [5, 5.41) is 0. The van der Waals surface area contributed by atoms with E-state index in [1.54, 1.807) is 12.5 Å². The minimum atomic E-state index is 0. The van der Waals surface area contributed by atoms with Gasteiger partial charge in [-0.3, -0.25) is 0 Å². The second-order valence-electron chi connectivity index (χ2n) is 1.20. The van der Waals surface area contributed by atoms with Crippen LogP contribution in [-0.2, 0) is 0 Å². The highest BCUT2D eigenvalue weighted by Gasteiger charge is 1.58. The fourth-order valence-corrected chi connectivity index (χ4v) is 0.227. The minimum absolute atomic E-state index is 0. The van der Waals surface area contributed by atoms with E-state index in [1.807, 2.05) is 19.1 Å². The molecule has 0 aromatic carbocycles. The molecule has 1 rings (SSSR count). The molecule has 0 radical (unpaired) electrons. The fraction of sp³-hybridized carbons (Fsp3) is 0.333. The van der Waals surface area contributed by atoms with Gasteiger partial charge in [0, 0.05) is 0 Å². The number of furan rings is 1. The second kappa shape index (κ2) is 10.5. The molecule has 9 heavy (non-hydrogen) atoms. The van der Waals surface area contributed by atoms with Crippen molar-refractivity contribution in [3.63, 3.8) is 0 Å². The third-order valence-electron chi connectivity index (χ3n) is 0.425. The predicted octanol–water partition coefficient (Wildman–Crippen LogP) is 1.67. The number of rotatable bonds is 0. The van der Waals surface area contributed by atoms with E-state index in [-0.39, 0.29) is 12.4 Å². The molecule has 1 heterocycles. The van der Waals surface area contributed by atoms with E-state index < -0.39 is 0 Å². The standard InChI is InChI=1S/C4H4O.C2H7N.ClH/c1-2-4-5-3-1;1-2-3;/h1-4H;2-3H2,1H3;1H. The van der Waals surface area contributed by atoms with Crippen LogP contribution >= 0.6 is 12.4 Å². The van der Waals surface area contributed by atoms with Crippen molar-refractivity contribution >= 4 is 12.4 Å². The summed E-state index contributed by atoms with van der Waals surface area (Å²) in [5.74, 6) is 0. The molecule has 1 aromatic heterocycles. The van der Waals surface area contributed by atoms with Gasteiger partial charge in [-0.1, -0.05) is 6.92 Å². The monoisotopic (exact) mass is 149 g/mol. The first-order valence-corrected chi connectivity index (χ1v) is 2.59. The summed E-state index contributed by atoms with van der Waals surface area (Å²) >= 11 is 0. The van der Waals surface area contributed by atoms with Crippen LogP contribution in [0.25, 0.3) is 0 Å². The summed E-state index contributed by atoms with van der Waals surface area (Å²) < 4.78 is 4.58. The number of halogens is 1. The topological polar surface area (TPSA) is 39.2 Å². The maximum atomic E-state index is 4.85. The van der Waals surface area contributed by atoms with Gasteiger partial charge in [-0.2, -0.15) is 0 Å². The van der Waals surface area contributed by atoms with Crippen LogP contribution in [-0.4, -0.2) is 6.54 Å². The first kappa shape index (κ1) is 11.3. The third-order valence-corrected chi connectivity index (χ3v) is 0.425. The van der Waals surface area contributed by atoms with E-state index in [1.165, 1.54) is 0 Å². The van der Waals surface area contributed by atoms with Gasteiger partial charge in [-0.25, -0.2) is 0 Å². The molecule has 0 unspecified atom stereocenters. The number of hydrogen-bond acceptors (Lipinski definition) is 2. The Hall–Kier alpha value is -0.470. The third kappa shape index (κ3) is 11.2. The van der Waals surface area contributed by atoms with Gasteiger partial charge in [0.2, 0.25) is 0 Å². The highest BCUT2D eigenvalue weighted by Crippen LogP contribution is 1.79. The van der Waals surface area contributed by atoms with E-state index in [9.17, 15) is 0 Å². The van der Waals surface area contributed by atoms with Gasteiger partial charge in [-0.05, 0) is 18.7 Å². The van der Waals surface area contributed by atoms with Gasteiger partial charge in [0.05, 0.1) is 12.5 Å². The number of nitrogens with two attached hydrogens (primary N) is 1. The van der Waals surface area contributed by atoms with Gasteiger partial charge >= 0.3 is 0 Å². The lowest BCUT2D eigenvalue weighted by atomic mass is 10.7. The van der Waals surface area contributed by atoms with E-state index >= 15 is 0 Å². The van der Waals surface area contributed by atoms with Crippen molar-refractivity contribution in [2.24, 2.45) is 5.73 Å². The first-order valence-electron chi connectivity index (χ1n) is 2.59. The Balaban J connectivity index is 0. The molecule has 0 spiro atoms. The van der Waals surface area contributed by atoms with Crippen LogP contribution in [0.1, 0.15) is 6.92 Å². The normalized spacial score (nSPS) is 6.44. The van der Waals surface area contributed by atoms with Crippen LogP contribution in [0.15, 0.2) is 29.1 Å². The lowest BCUT2D eigenvalue weighted by Crippen LogP contribution is -1.87. The Morgan fingerprint density at radius 3 is 1.78 bits per heavy atom. The summed E-state index contributed by atoms with van der Waals surface area (Å²) in [5.41, 5.74) is 4.85. The van der Waals surface area contributed by atoms with Gasteiger partial charge in [0.25, 0.3) is 0 Å². The molecule has 0 saturated carbocycles. The highest BCUT2D eigenvalue weighted by molar-refractivity contribution is 5.85. The molecule has 0 fully saturated rings. The van der Waals surface area contributed by atoms with Gasteiger partial charge in [0.1, 0.15) is 0 Å². The van der Waals surface area contributed by atoms with Crippen LogP contribution < -0.4 is 5.73 Å². The van der Waals surface area contributed by atoms with Crippen LogP contribution in [0.5, 0.6) is 0 Å². The molecule has 0 aliphatic rings. The lowest BCUT2D eigenvalue weighted by Gasteiger charge is -1.53. The van der Waals surface area contributed by atoms with Crippen LogP contribution in [0.2, 0.25) is 0 Å². The predicted molar refractivity (Wildman–Crippen MR) is 40.7 cm³/mol. The molecular formula is C6H12ClNO. The fourth-order valence-electron chi connectivity index (χ4n) is 0.227. The van der Waals surface area contributed by atoms with Crippen molar-refractivity contribution in [1.82, 2.24) is 0 Å². The Kier molecular flexibility index (Phi) is 13.2. The van der Waals surface area contributed by atoms with E-state index in [4.69, 9.17) is 5.73 Å². The molecule has 2 nitrogen and oxygen atoms in total. The average Bonchev–Trinajstić information content (AvgIpc) is 2.17. The molecule has 0 bridgehead atoms. The van der Waals surface area contributed by atoms with Crippen molar-refractivity contribution in [3.8, 4) is 0 Å². The summed E-state index contributed by atoms with van der Waals surface area (Å²) in [4.78, 5) is 0. The Bertz CT molecular complexity index is 80.0. The Morgan fingerprint density at radius 2 is 1.67 bits per heavy atom. The summed E-state index contributed by atoms with van der Waals surface area (Å²) in [6.45, 7) is 2.65. The maximum Gasteiger partial charge on any atom is 0.0902 e. The Morgan fingerprint density at radius 1 is 1.33 bits per heavy atom. The van der Waals surface area contributed by atoms with Gasteiger partial charge in [0.15, 0.2) is 0 Å². The zero-order valence-electron chi connectivity index (χ0n) is 5.41. The molecule has 0 aliphatic carbocycles. The zero-order valence-corrected chi connectivity index (χ0v) is 6.23. The van der Waals surface area contributed by atoms with E-state index in [0.717, 1.165) is 6.54 Å². The Labute approximate surface area is 61.5 Å². The van der Waals surface area contributed by atoms with Gasteiger partial charge in [-0.15, -0.1) is 12.4 Å². The molecular weight excluding hydrogens is 138 g/mol. The van der Waals surface area contributed by atoms with Gasteiger partial charge < -0.3 is 10.2 Å². The summed E-state index contributed by atoms with van der Waals surface area (Å²) in [6, 6.07) is 3.67. The maximum absolute atomic E-state index is 4.85. The van der Waals surface area contributed by atoms with Crippen molar-refractivity contribution in [2.45, 2.75) is 6.92 Å². The lowest BCUT2D eigenvalue weighted by molar-refractivity contribution is 0.567. The minimum Gasteiger partial charge on any atom is -0.473 e. The SMILES string of the molecule is CCN.Cl.c1ccoc1. The quantitative estimate of drug-likeness (QED) is 0.610. The molecule has 3 heteroatoms. The van der Waals surface area contributed by atoms with Crippen molar-refractivity contribution < 1.29 is 4.42 Å².